The zero-order chi connectivity index (χ0) is 15.5. The molecular weight excluding hydrogens is 284 g/mol. The number of hydrogen-bond donors (Lipinski definition) is 1. The topological polar surface area (TPSA) is 92.3 Å². The van der Waals surface area contributed by atoms with Crippen LogP contribution in [-0.2, 0) is 21.0 Å². The quantitative estimate of drug-likeness (QED) is 0.569. The SMILES string of the molecule is CC(=O)OCCOCn1cnc2c(N)nc3ccccc3c21. The van der Waals surface area contributed by atoms with Crippen LogP contribution in [0, 0.1) is 0 Å². The minimum Gasteiger partial charge on any atom is -0.463 e. The summed E-state index contributed by atoms with van der Waals surface area (Å²) in [6, 6.07) is 7.74. The number of nitrogens with zero attached hydrogens (tertiary/aromatic N) is 3. The summed E-state index contributed by atoms with van der Waals surface area (Å²) in [4.78, 5) is 19.3. The molecule has 0 atom stereocenters. The van der Waals surface area contributed by atoms with E-state index in [9.17, 15) is 4.79 Å². The van der Waals surface area contributed by atoms with Gasteiger partial charge in [-0.1, -0.05) is 18.2 Å². The van der Waals surface area contributed by atoms with E-state index in [1.165, 1.54) is 6.92 Å². The maximum atomic E-state index is 10.7. The molecule has 0 radical (unpaired) electrons. The molecule has 1 aromatic carbocycles. The summed E-state index contributed by atoms with van der Waals surface area (Å²) < 4.78 is 12.2. The number of carbonyl (C=O) groups excluding carboxylic acids is 1. The van der Waals surface area contributed by atoms with Gasteiger partial charge in [-0.3, -0.25) is 4.79 Å². The number of fused-ring (bicyclic) bond motifs is 3. The Morgan fingerprint density at radius 2 is 2.14 bits per heavy atom. The van der Waals surface area contributed by atoms with E-state index in [1.807, 2.05) is 28.8 Å². The average Bonchev–Trinajstić information content (AvgIpc) is 2.92. The second-order valence-corrected chi connectivity index (χ2v) is 4.80. The van der Waals surface area contributed by atoms with Crippen molar-refractivity contribution in [2.24, 2.45) is 0 Å². The number of nitrogens with two attached hydrogens (primary N) is 1. The van der Waals surface area contributed by atoms with Crippen molar-refractivity contribution in [2.75, 3.05) is 18.9 Å². The lowest BCUT2D eigenvalue weighted by molar-refractivity contribution is -0.142. The highest BCUT2D eigenvalue weighted by Gasteiger charge is 2.11. The predicted molar refractivity (Wildman–Crippen MR) is 82.0 cm³/mol. The van der Waals surface area contributed by atoms with Crippen LogP contribution in [0.3, 0.4) is 0 Å². The second-order valence-electron chi connectivity index (χ2n) is 4.80. The smallest absolute Gasteiger partial charge is 0.302 e. The molecule has 7 nitrogen and oxygen atoms in total. The van der Waals surface area contributed by atoms with Gasteiger partial charge >= 0.3 is 5.97 Å². The van der Waals surface area contributed by atoms with Gasteiger partial charge in [-0.2, -0.15) is 0 Å². The zero-order valence-electron chi connectivity index (χ0n) is 12.2. The molecule has 0 saturated heterocycles. The van der Waals surface area contributed by atoms with E-state index in [1.54, 1.807) is 6.33 Å². The Morgan fingerprint density at radius 3 is 2.95 bits per heavy atom. The van der Waals surface area contributed by atoms with Gasteiger partial charge in [0.2, 0.25) is 0 Å². The molecule has 0 bridgehead atoms. The summed E-state index contributed by atoms with van der Waals surface area (Å²) in [7, 11) is 0. The van der Waals surface area contributed by atoms with Crippen molar-refractivity contribution >= 4 is 33.7 Å². The molecule has 7 heteroatoms. The summed E-state index contributed by atoms with van der Waals surface area (Å²) in [5.41, 5.74) is 8.31. The number of anilines is 1. The molecule has 0 unspecified atom stereocenters. The Balaban J connectivity index is 1.86. The van der Waals surface area contributed by atoms with Crippen molar-refractivity contribution in [2.45, 2.75) is 13.7 Å². The molecule has 0 fully saturated rings. The molecule has 2 N–H and O–H groups in total. The Kier molecular flexibility index (Phi) is 3.88. The van der Waals surface area contributed by atoms with Crippen LogP contribution in [-0.4, -0.2) is 33.7 Å². The first-order valence-corrected chi connectivity index (χ1v) is 6.87. The van der Waals surface area contributed by atoms with E-state index >= 15 is 0 Å². The first-order chi connectivity index (χ1) is 10.7. The molecule has 114 valence electrons. The number of aromatic nitrogens is 3. The number of ether oxygens (including phenoxy) is 2. The first-order valence-electron chi connectivity index (χ1n) is 6.87. The Bertz CT molecular complexity index is 828. The van der Waals surface area contributed by atoms with Crippen molar-refractivity contribution in [3.63, 3.8) is 0 Å². The summed E-state index contributed by atoms with van der Waals surface area (Å²) in [5, 5.41) is 0.966. The number of hydrogen-bond acceptors (Lipinski definition) is 6. The Morgan fingerprint density at radius 1 is 1.32 bits per heavy atom. The molecule has 22 heavy (non-hydrogen) atoms. The Labute approximate surface area is 126 Å². The van der Waals surface area contributed by atoms with Gasteiger partial charge in [-0.05, 0) is 6.07 Å². The van der Waals surface area contributed by atoms with E-state index in [0.29, 0.717) is 24.7 Å². The fraction of sp³-hybridized carbons (Fsp3) is 0.267. The lowest BCUT2D eigenvalue weighted by Crippen LogP contribution is -2.10. The third-order valence-electron chi connectivity index (χ3n) is 3.24. The molecule has 0 aliphatic heterocycles. The number of esters is 1. The van der Waals surface area contributed by atoms with Gasteiger partial charge < -0.3 is 19.8 Å². The summed E-state index contributed by atoms with van der Waals surface area (Å²) in [6.07, 6.45) is 1.67. The second kappa shape index (κ2) is 5.98. The van der Waals surface area contributed by atoms with Crippen molar-refractivity contribution < 1.29 is 14.3 Å². The number of pyridine rings is 1. The van der Waals surface area contributed by atoms with Crippen molar-refractivity contribution in [1.29, 1.82) is 0 Å². The van der Waals surface area contributed by atoms with E-state index in [0.717, 1.165) is 16.4 Å². The lowest BCUT2D eigenvalue weighted by atomic mass is 10.2. The normalized spacial score (nSPS) is 11.1. The summed E-state index contributed by atoms with van der Waals surface area (Å²) in [6.45, 7) is 2.21. The number of carbonyl (C=O) groups is 1. The maximum absolute atomic E-state index is 10.7. The molecule has 2 aromatic heterocycles. The van der Waals surface area contributed by atoms with E-state index in [-0.39, 0.29) is 12.6 Å². The van der Waals surface area contributed by atoms with Crippen LogP contribution < -0.4 is 5.73 Å². The van der Waals surface area contributed by atoms with Gasteiger partial charge in [0.25, 0.3) is 0 Å². The molecular formula is C15H16N4O3. The molecule has 0 aliphatic rings. The van der Waals surface area contributed by atoms with Crippen molar-refractivity contribution in [3.05, 3.63) is 30.6 Å². The van der Waals surface area contributed by atoms with Crippen molar-refractivity contribution in [3.8, 4) is 0 Å². The number of rotatable bonds is 5. The van der Waals surface area contributed by atoms with Gasteiger partial charge in [-0.15, -0.1) is 0 Å². The number of para-hydroxylation sites is 1. The number of nitrogen functional groups attached to an aromatic ring is 1. The van der Waals surface area contributed by atoms with Gasteiger partial charge in [0, 0.05) is 12.3 Å². The van der Waals surface area contributed by atoms with Crippen molar-refractivity contribution in [1.82, 2.24) is 14.5 Å². The van der Waals surface area contributed by atoms with Crippen LogP contribution in [0.15, 0.2) is 30.6 Å². The molecule has 3 rings (SSSR count). The fourth-order valence-electron chi connectivity index (χ4n) is 2.31. The zero-order valence-corrected chi connectivity index (χ0v) is 12.2. The molecule has 2 heterocycles. The van der Waals surface area contributed by atoms with Crippen LogP contribution >= 0.6 is 0 Å². The largest absolute Gasteiger partial charge is 0.463 e. The van der Waals surface area contributed by atoms with E-state index in [4.69, 9.17) is 15.2 Å². The van der Waals surface area contributed by atoms with Gasteiger partial charge in [0.1, 0.15) is 18.9 Å². The third kappa shape index (κ3) is 2.71. The van der Waals surface area contributed by atoms with Gasteiger partial charge in [-0.25, -0.2) is 9.97 Å². The lowest BCUT2D eigenvalue weighted by Gasteiger charge is -2.08. The highest BCUT2D eigenvalue weighted by molar-refractivity contribution is 6.06. The minimum absolute atomic E-state index is 0.229. The van der Waals surface area contributed by atoms with Gasteiger partial charge in [0.05, 0.1) is 24.0 Å². The maximum Gasteiger partial charge on any atom is 0.302 e. The van der Waals surface area contributed by atoms with E-state index in [2.05, 4.69) is 9.97 Å². The molecule has 0 aliphatic carbocycles. The fourth-order valence-corrected chi connectivity index (χ4v) is 2.31. The third-order valence-corrected chi connectivity index (χ3v) is 3.24. The summed E-state index contributed by atoms with van der Waals surface area (Å²) >= 11 is 0. The van der Waals surface area contributed by atoms with E-state index < -0.39 is 0 Å². The monoisotopic (exact) mass is 300 g/mol. The van der Waals surface area contributed by atoms with Crippen LogP contribution in [0.2, 0.25) is 0 Å². The predicted octanol–water partition coefficient (Wildman–Crippen LogP) is 1.70. The highest BCUT2D eigenvalue weighted by atomic mass is 16.6. The molecule has 0 saturated carbocycles. The highest BCUT2D eigenvalue weighted by Crippen LogP contribution is 2.26. The van der Waals surface area contributed by atoms with Gasteiger partial charge in [0.15, 0.2) is 5.82 Å². The number of benzene rings is 1. The number of imidazole rings is 1. The molecule has 0 spiro atoms. The first kappa shape index (κ1) is 14.3. The van der Waals surface area contributed by atoms with Crippen LogP contribution in [0.5, 0.6) is 0 Å². The molecule has 3 aromatic rings. The minimum atomic E-state index is -0.318. The average molecular weight is 300 g/mol. The van der Waals surface area contributed by atoms with Crippen LogP contribution in [0.4, 0.5) is 5.82 Å². The summed E-state index contributed by atoms with van der Waals surface area (Å²) in [5.74, 6) is 0.0777. The van der Waals surface area contributed by atoms with Crippen LogP contribution in [0.25, 0.3) is 21.9 Å². The standard InChI is InChI=1S/C15H16N4O3/c1-10(20)22-7-6-21-9-19-8-17-13-14(19)11-4-2-3-5-12(11)18-15(13)16/h2-5,8H,6-7,9H2,1H3,(H2,16,18). The molecule has 0 amide bonds. The Hall–Kier alpha value is -2.67. The van der Waals surface area contributed by atoms with Crippen LogP contribution in [0.1, 0.15) is 6.92 Å².